The number of carboxylic acid groups (broad SMARTS) is 1. The molecule has 2 aromatic carbocycles. The third kappa shape index (κ3) is 4.09. The summed E-state index contributed by atoms with van der Waals surface area (Å²) in [6.07, 6.45) is 1.72. The quantitative estimate of drug-likeness (QED) is 0.447. The van der Waals surface area contributed by atoms with Gasteiger partial charge in [-0.2, -0.15) is 0 Å². The van der Waals surface area contributed by atoms with Gasteiger partial charge in [0.15, 0.2) is 5.75 Å². The molecule has 0 spiro atoms. The maximum Gasteiger partial charge on any atom is 0.315 e. The Morgan fingerprint density at radius 1 is 1.32 bits per heavy atom. The summed E-state index contributed by atoms with van der Waals surface area (Å²) < 4.78 is 5.97. The fourth-order valence-corrected chi connectivity index (χ4v) is 3.69. The van der Waals surface area contributed by atoms with Crippen LogP contribution in [-0.4, -0.2) is 33.2 Å². The van der Waals surface area contributed by atoms with E-state index in [1.54, 1.807) is 6.08 Å². The highest BCUT2D eigenvalue weighted by Crippen LogP contribution is 2.38. The van der Waals surface area contributed by atoms with E-state index in [9.17, 15) is 20.0 Å². The van der Waals surface area contributed by atoms with Crippen molar-refractivity contribution in [3.63, 3.8) is 0 Å². The van der Waals surface area contributed by atoms with Crippen LogP contribution in [0.4, 0.5) is 5.69 Å². The average molecular weight is 400 g/mol. The van der Waals surface area contributed by atoms with E-state index < -0.39 is 22.3 Å². The van der Waals surface area contributed by atoms with Gasteiger partial charge >= 0.3 is 11.7 Å². The molecule has 0 bridgehead atoms. The van der Waals surface area contributed by atoms with Crippen molar-refractivity contribution >= 4 is 44.9 Å². The van der Waals surface area contributed by atoms with Crippen LogP contribution in [-0.2, 0) is 4.79 Å². The first-order chi connectivity index (χ1) is 13.4. The summed E-state index contributed by atoms with van der Waals surface area (Å²) in [5, 5.41) is 30.8. The smallest absolute Gasteiger partial charge is 0.315 e. The van der Waals surface area contributed by atoms with Crippen LogP contribution in [0.5, 0.6) is 11.5 Å². The number of aromatic nitrogens is 1. The normalized spacial score (nSPS) is 11.5. The van der Waals surface area contributed by atoms with Gasteiger partial charge in [0.25, 0.3) is 0 Å². The molecule has 0 fully saturated rings. The summed E-state index contributed by atoms with van der Waals surface area (Å²) in [5.74, 6) is -1.56. The van der Waals surface area contributed by atoms with Crippen molar-refractivity contribution in [2.24, 2.45) is 0 Å². The Bertz CT molecular complexity index is 1060. The third-order valence-corrected chi connectivity index (χ3v) is 5.12. The van der Waals surface area contributed by atoms with E-state index in [-0.39, 0.29) is 18.6 Å². The highest BCUT2D eigenvalue weighted by Gasteiger charge is 2.20. The zero-order valence-corrected chi connectivity index (χ0v) is 15.6. The SMILES string of the molecule is COc1cc(/C=C(\CCC(=O)O)c2nc3ccccc3s2)cc([N+](=O)[O-])c1O. The summed E-state index contributed by atoms with van der Waals surface area (Å²) in [6, 6.07) is 10.2. The van der Waals surface area contributed by atoms with Crippen molar-refractivity contribution in [3.05, 3.63) is 57.1 Å². The standard InChI is InChI=1S/C19H16N2O6S/c1-27-15-10-11(9-14(18(15)24)21(25)26)8-12(6-7-17(22)23)19-20-13-4-2-3-5-16(13)28-19/h2-5,8-10,24H,6-7H2,1H3,(H,22,23)/b12-8+. The molecule has 0 radical (unpaired) electrons. The summed E-state index contributed by atoms with van der Waals surface area (Å²) in [7, 11) is 1.30. The Hall–Kier alpha value is -3.46. The number of fused-ring (bicyclic) bond motifs is 1. The second kappa shape index (κ2) is 8.05. The first-order valence-electron chi connectivity index (χ1n) is 8.22. The minimum absolute atomic E-state index is 0.0395. The number of rotatable bonds is 7. The number of aliphatic carboxylic acids is 1. The highest BCUT2D eigenvalue weighted by atomic mass is 32.1. The molecule has 1 aromatic heterocycles. The van der Waals surface area contributed by atoms with Crippen molar-refractivity contribution in [1.29, 1.82) is 0 Å². The van der Waals surface area contributed by atoms with E-state index in [0.717, 1.165) is 10.2 Å². The number of ether oxygens (including phenoxy) is 1. The van der Waals surface area contributed by atoms with E-state index in [2.05, 4.69) is 4.98 Å². The van der Waals surface area contributed by atoms with Crippen molar-refractivity contribution in [2.45, 2.75) is 12.8 Å². The number of phenols is 1. The molecule has 0 atom stereocenters. The lowest BCUT2D eigenvalue weighted by atomic mass is 10.1. The minimum atomic E-state index is -0.957. The first-order valence-corrected chi connectivity index (χ1v) is 9.04. The lowest BCUT2D eigenvalue weighted by Gasteiger charge is -2.07. The van der Waals surface area contributed by atoms with Crippen molar-refractivity contribution in [2.75, 3.05) is 7.11 Å². The van der Waals surface area contributed by atoms with E-state index >= 15 is 0 Å². The number of para-hydroxylation sites is 1. The van der Waals surface area contributed by atoms with Crippen molar-refractivity contribution in [1.82, 2.24) is 4.98 Å². The summed E-state index contributed by atoms with van der Waals surface area (Å²) in [5.41, 5.74) is 1.33. The van der Waals surface area contributed by atoms with Gasteiger partial charge in [0.05, 0.1) is 22.2 Å². The minimum Gasteiger partial charge on any atom is -0.500 e. The molecule has 3 rings (SSSR count). The zero-order chi connectivity index (χ0) is 20.3. The Morgan fingerprint density at radius 3 is 2.71 bits per heavy atom. The van der Waals surface area contributed by atoms with Gasteiger partial charge in [-0.15, -0.1) is 11.3 Å². The van der Waals surface area contributed by atoms with Gasteiger partial charge < -0.3 is 14.9 Å². The van der Waals surface area contributed by atoms with Crippen LogP contribution < -0.4 is 4.74 Å². The number of nitro benzene ring substituents is 1. The number of hydrogen-bond acceptors (Lipinski definition) is 7. The van der Waals surface area contributed by atoms with Gasteiger partial charge in [-0.3, -0.25) is 14.9 Å². The maximum atomic E-state index is 11.2. The molecule has 0 saturated heterocycles. The fourth-order valence-electron chi connectivity index (χ4n) is 2.69. The van der Waals surface area contributed by atoms with Crippen molar-refractivity contribution in [3.8, 4) is 11.5 Å². The molecule has 3 aromatic rings. The highest BCUT2D eigenvalue weighted by molar-refractivity contribution is 7.19. The number of hydrogen-bond donors (Lipinski definition) is 2. The summed E-state index contributed by atoms with van der Waals surface area (Å²) in [6.45, 7) is 0. The Kier molecular flexibility index (Phi) is 5.55. The topological polar surface area (TPSA) is 123 Å². The number of benzene rings is 2. The summed E-state index contributed by atoms with van der Waals surface area (Å²) >= 11 is 1.41. The van der Waals surface area contributed by atoms with Crippen LogP contribution in [0.1, 0.15) is 23.4 Å². The summed E-state index contributed by atoms with van der Waals surface area (Å²) in [4.78, 5) is 26.1. The van der Waals surface area contributed by atoms with Gasteiger partial charge in [0.2, 0.25) is 5.75 Å². The molecule has 0 aliphatic carbocycles. The average Bonchev–Trinajstić information content (AvgIpc) is 3.09. The largest absolute Gasteiger partial charge is 0.500 e. The van der Waals surface area contributed by atoms with Crippen LogP contribution in [0.3, 0.4) is 0 Å². The van der Waals surface area contributed by atoms with E-state index in [1.807, 2.05) is 24.3 Å². The van der Waals surface area contributed by atoms with E-state index in [1.165, 1.54) is 30.6 Å². The molecule has 1 heterocycles. The van der Waals surface area contributed by atoms with Gasteiger partial charge in [0, 0.05) is 12.5 Å². The third-order valence-electron chi connectivity index (χ3n) is 4.01. The number of carbonyl (C=O) groups is 1. The van der Waals surface area contributed by atoms with Crippen LogP contribution in [0.2, 0.25) is 0 Å². The molecular formula is C19H16N2O6S. The number of carboxylic acids is 1. The Morgan fingerprint density at radius 2 is 2.07 bits per heavy atom. The van der Waals surface area contributed by atoms with E-state index in [0.29, 0.717) is 16.1 Å². The molecule has 9 heteroatoms. The molecule has 0 unspecified atom stereocenters. The molecule has 2 N–H and O–H groups in total. The number of aromatic hydroxyl groups is 1. The van der Waals surface area contributed by atoms with Gasteiger partial charge in [-0.1, -0.05) is 12.1 Å². The Labute approximate surface area is 163 Å². The molecular weight excluding hydrogens is 384 g/mol. The van der Waals surface area contributed by atoms with Gasteiger partial charge in [-0.05, 0) is 41.8 Å². The molecule has 28 heavy (non-hydrogen) atoms. The monoisotopic (exact) mass is 400 g/mol. The van der Waals surface area contributed by atoms with Crippen LogP contribution in [0.15, 0.2) is 36.4 Å². The number of nitro groups is 1. The predicted octanol–water partition coefficient (Wildman–Crippen LogP) is 4.32. The van der Waals surface area contributed by atoms with Crippen LogP contribution in [0.25, 0.3) is 21.9 Å². The van der Waals surface area contributed by atoms with Crippen LogP contribution >= 0.6 is 11.3 Å². The number of phenolic OH excluding ortho intramolecular Hbond substituents is 1. The molecule has 0 aliphatic rings. The zero-order valence-electron chi connectivity index (χ0n) is 14.8. The van der Waals surface area contributed by atoms with Gasteiger partial charge in [-0.25, -0.2) is 4.98 Å². The number of methoxy groups -OCH3 is 1. The number of allylic oxidation sites excluding steroid dienone is 1. The lowest BCUT2D eigenvalue weighted by Crippen LogP contribution is -1.96. The Balaban J connectivity index is 2.12. The fraction of sp³-hybridized carbons (Fsp3) is 0.158. The predicted molar refractivity (Wildman–Crippen MR) is 106 cm³/mol. The molecule has 8 nitrogen and oxygen atoms in total. The molecule has 0 saturated carbocycles. The van der Waals surface area contributed by atoms with Crippen molar-refractivity contribution < 1.29 is 24.7 Å². The van der Waals surface area contributed by atoms with E-state index in [4.69, 9.17) is 9.84 Å². The first kappa shape index (κ1) is 19.3. The second-order valence-electron chi connectivity index (χ2n) is 5.90. The lowest BCUT2D eigenvalue weighted by molar-refractivity contribution is -0.386. The van der Waals surface area contributed by atoms with Gasteiger partial charge in [0.1, 0.15) is 5.01 Å². The maximum absolute atomic E-state index is 11.2. The van der Waals surface area contributed by atoms with Crippen LogP contribution in [0, 0.1) is 10.1 Å². The molecule has 0 aliphatic heterocycles. The molecule has 0 amide bonds. The number of nitrogens with zero attached hydrogens (tertiary/aromatic N) is 2. The number of thiazole rings is 1. The molecule has 144 valence electrons. The second-order valence-corrected chi connectivity index (χ2v) is 6.93.